The molecule has 19 heavy (non-hydrogen) atoms. The van der Waals surface area contributed by atoms with Crippen LogP contribution in [0.3, 0.4) is 0 Å². The van der Waals surface area contributed by atoms with E-state index in [1.54, 1.807) is 19.2 Å². The number of carbonyl (C=O) groups is 1. The van der Waals surface area contributed by atoms with Gasteiger partial charge in [0, 0.05) is 18.2 Å². The molecule has 0 aliphatic carbocycles. The molecule has 3 N–H and O–H groups in total. The van der Waals surface area contributed by atoms with Crippen molar-refractivity contribution in [1.29, 1.82) is 0 Å². The molecular formula is C14H22N2O3. The third-order valence-corrected chi connectivity index (χ3v) is 3.84. The number of carboxylic acids is 1. The van der Waals surface area contributed by atoms with Crippen LogP contribution in [0.5, 0.6) is 0 Å². The van der Waals surface area contributed by atoms with Gasteiger partial charge < -0.3 is 15.5 Å². The predicted molar refractivity (Wildman–Crippen MR) is 74.5 cm³/mol. The summed E-state index contributed by atoms with van der Waals surface area (Å²) in [6, 6.07) is 1.67. The lowest BCUT2D eigenvalue weighted by atomic mass is 9.83. The van der Waals surface area contributed by atoms with Crippen LogP contribution in [0.1, 0.15) is 42.6 Å². The highest BCUT2D eigenvalue weighted by atomic mass is 16.4. The summed E-state index contributed by atoms with van der Waals surface area (Å²) in [6.45, 7) is 6.36. The molecule has 0 unspecified atom stereocenters. The molecule has 0 spiro atoms. The fourth-order valence-corrected chi connectivity index (χ4v) is 2.01. The number of aromatic nitrogens is 1. The van der Waals surface area contributed by atoms with Crippen LogP contribution in [-0.2, 0) is 0 Å². The van der Waals surface area contributed by atoms with Gasteiger partial charge in [0.1, 0.15) is 11.4 Å². The van der Waals surface area contributed by atoms with Gasteiger partial charge in [-0.3, -0.25) is 0 Å². The molecule has 0 saturated heterocycles. The van der Waals surface area contributed by atoms with Gasteiger partial charge in [0.15, 0.2) is 0 Å². The minimum Gasteiger partial charge on any atom is -0.478 e. The molecule has 1 aromatic rings. The van der Waals surface area contributed by atoms with Gasteiger partial charge in [0.25, 0.3) is 0 Å². The molecule has 5 nitrogen and oxygen atoms in total. The van der Waals surface area contributed by atoms with E-state index in [4.69, 9.17) is 0 Å². The molecule has 0 aliphatic rings. The summed E-state index contributed by atoms with van der Waals surface area (Å²) in [5.41, 5.74) is 0.635. The normalized spacial score (nSPS) is 11.4. The molecule has 0 bridgehead atoms. The van der Waals surface area contributed by atoms with E-state index in [1.165, 1.54) is 0 Å². The van der Waals surface area contributed by atoms with Crippen molar-refractivity contribution in [1.82, 2.24) is 4.98 Å². The van der Waals surface area contributed by atoms with Crippen molar-refractivity contribution >= 4 is 11.8 Å². The van der Waals surface area contributed by atoms with Gasteiger partial charge in [0.05, 0.1) is 6.61 Å². The highest BCUT2D eigenvalue weighted by molar-refractivity contribution is 5.94. The summed E-state index contributed by atoms with van der Waals surface area (Å²) in [6.07, 6.45) is 3.23. The Bertz CT molecular complexity index is 434. The number of aliphatic hydroxyl groups is 1. The van der Waals surface area contributed by atoms with E-state index in [0.717, 1.165) is 12.8 Å². The van der Waals surface area contributed by atoms with E-state index in [-0.39, 0.29) is 17.6 Å². The monoisotopic (exact) mass is 266 g/mol. The maximum Gasteiger partial charge on any atom is 0.339 e. The molecule has 1 aromatic heterocycles. The largest absolute Gasteiger partial charge is 0.478 e. The fraction of sp³-hybridized carbons (Fsp3) is 0.571. The quantitative estimate of drug-likeness (QED) is 0.705. The lowest BCUT2D eigenvalue weighted by molar-refractivity contribution is 0.0696. The van der Waals surface area contributed by atoms with E-state index in [0.29, 0.717) is 17.9 Å². The average Bonchev–Trinajstić information content (AvgIpc) is 2.40. The molecule has 106 valence electrons. The number of pyridine rings is 1. The Morgan fingerprint density at radius 3 is 2.53 bits per heavy atom. The first-order valence-corrected chi connectivity index (χ1v) is 6.53. The summed E-state index contributed by atoms with van der Waals surface area (Å²) in [5, 5.41) is 21.8. The number of hydrogen-bond donors (Lipinski definition) is 3. The first kappa shape index (κ1) is 15.4. The number of aliphatic hydroxyl groups excluding tert-OH is 1. The Hall–Kier alpha value is -1.62. The Labute approximate surface area is 113 Å². The second kappa shape index (κ2) is 6.52. The molecule has 0 aliphatic heterocycles. The highest BCUT2D eigenvalue weighted by Crippen LogP contribution is 2.27. The zero-order chi connectivity index (χ0) is 14.5. The smallest absolute Gasteiger partial charge is 0.339 e. The maximum atomic E-state index is 11.2. The summed E-state index contributed by atoms with van der Waals surface area (Å²) in [4.78, 5) is 15.3. The number of aryl methyl sites for hydroxylation is 1. The molecular weight excluding hydrogens is 244 g/mol. The van der Waals surface area contributed by atoms with Crippen LogP contribution in [-0.4, -0.2) is 34.3 Å². The first-order valence-electron chi connectivity index (χ1n) is 6.53. The van der Waals surface area contributed by atoms with Crippen molar-refractivity contribution in [2.75, 3.05) is 18.5 Å². The van der Waals surface area contributed by atoms with E-state index < -0.39 is 5.97 Å². The minimum absolute atomic E-state index is 0.0707. The van der Waals surface area contributed by atoms with Gasteiger partial charge in [-0.25, -0.2) is 9.78 Å². The highest BCUT2D eigenvalue weighted by Gasteiger charge is 2.26. The number of rotatable bonds is 7. The number of nitrogens with one attached hydrogen (secondary N) is 1. The number of anilines is 1. The van der Waals surface area contributed by atoms with Crippen LogP contribution < -0.4 is 5.32 Å². The van der Waals surface area contributed by atoms with E-state index in [9.17, 15) is 15.0 Å². The molecule has 0 atom stereocenters. The predicted octanol–water partition coefficient (Wildman–Crippen LogP) is 2.30. The molecule has 0 saturated carbocycles. The first-order chi connectivity index (χ1) is 8.99. The summed E-state index contributed by atoms with van der Waals surface area (Å²) in [5.74, 6) is -0.622. The summed E-state index contributed by atoms with van der Waals surface area (Å²) < 4.78 is 0. The van der Waals surface area contributed by atoms with Crippen LogP contribution in [0.4, 0.5) is 5.82 Å². The van der Waals surface area contributed by atoms with Crippen molar-refractivity contribution in [3.05, 3.63) is 23.4 Å². The van der Waals surface area contributed by atoms with Crippen molar-refractivity contribution in [3.63, 3.8) is 0 Å². The van der Waals surface area contributed by atoms with Crippen LogP contribution >= 0.6 is 0 Å². The summed E-state index contributed by atoms with van der Waals surface area (Å²) >= 11 is 0. The molecule has 5 heteroatoms. The van der Waals surface area contributed by atoms with Gasteiger partial charge in [-0.15, -0.1) is 0 Å². The Kier molecular flexibility index (Phi) is 5.30. The second-order valence-electron chi connectivity index (χ2n) is 4.88. The molecule has 0 amide bonds. The van der Waals surface area contributed by atoms with E-state index >= 15 is 0 Å². The number of hydrogen-bond acceptors (Lipinski definition) is 4. The van der Waals surface area contributed by atoms with Gasteiger partial charge in [-0.1, -0.05) is 13.8 Å². The van der Waals surface area contributed by atoms with Crippen LogP contribution in [0, 0.1) is 12.3 Å². The topological polar surface area (TPSA) is 82.5 Å². The molecule has 0 radical (unpaired) electrons. The molecule has 1 heterocycles. The van der Waals surface area contributed by atoms with Crippen LogP contribution in [0.15, 0.2) is 12.3 Å². The number of carboxylic acid groups (broad SMARTS) is 1. The zero-order valence-electron chi connectivity index (χ0n) is 11.7. The molecule has 0 fully saturated rings. The third-order valence-electron chi connectivity index (χ3n) is 3.84. The van der Waals surface area contributed by atoms with Crippen molar-refractivity contribution in [2.45, 2.75) is 33.6 Å². The van der Waals surface area contributed by atoms with Gasteiger partial charge >= 0.3 is 5.97 Å². The lowest BCUT2D eigenvalue weighted by Gasteiger charge is -2.30. The molecule has 0 aromatic carbocycles. The third kappa shape index (κ3) is 3.44. The second-order valence-corrected chi connectivity index (χ2v) is 4.88. The van der Waals surface area contributed by atoms with Gasteiger partial charge in [-0.05, 0) is 31.4 Å². The number of nitrogens with zero attached hydrogens (tertiary/aromatic N) is 1. The number of aromatic carboxylic acids is 1. The lowest BCUT2D eigenvalue weighted by Crippen LogP contribution is -2.33. The maximum absolute atomic E-state index is 11.2. The van der Waals surface area contributed by atoms with Crippen LogP contribution in [0.2, 0.25) is 0 Å². The van der Waals surface area contributed by atoms with Crippen molar-refractivity contribution in [3.8, 4) is 0 Å². The van der Waals surface area contributed by atoms with Gasteiger partial charge in [0.2, 0.25) is 0 Å². The van der Waals surface area contributed by atoms with E-state index in [2.05, 4.69) is 10.3 Å². The molecule has 1 rings (SSSR count). The van der Waals surface area contributed by atoms with Gasteiger partial charge in [-0.2, -0.15) is 0 Å². The van der Waals surface area contributed by atoms with E-state index in [1.807, 2.05) is 13.8 Å². The Morgan fingerprint density at radius 2 is 2.05 bits per heavy atom. The standard InChI is InChI=1S/C14H22N2O3/c1-4-14(5-2,9-17)8-16-12-11(13(18)19)10(3)6-7-15-12/h6-7,17H,4-5,8-9H2,1-3H3,(H,15,16)(H,18,19). The summed E-state index contributed by atoms with van der Waals surface area (Å²) in [7, 11) is 0. The van der Waals surface area contributed by atoms with Crippen LogP contribution in [0.25, 0.3) is 0 Å². The van der Waals surface area contributed by atoms with Crippen molar-refractivity contribution < 1.29 is 15.0 Å². The fourth-order valence-electron chi connectivity index (χ4n) is 2.01. The SMILES string of the molecule is CCC(CC)(CO)CNc1nccc(C)c1C(=O)O. The Balaban J connectivity index is 2.95. The Morgan fingerprint density at radius 1 is 1.42 bits per heavy atom. The van der Waals surface area contributed by atoms with Crippen molar-refractivity contribution in [2.24, 2.45) is 5.41 Å². The average molecular weight is 266 g/mol. The zero-order valence-corrected chi connectivity index (χ0v) is 11.7. The minimum atomic E-state index is -0.990.